The lowest BCUT2D eigenvalue weighted by molar-refractivity contribution is 0.178. The molecule has 2 atom stereocenters. The number of aromatic nitrogens is 2. The Morgan fingerprint density at radius 2 is 2.22 bits per heavy atom. The van der Waals surface area contributed by atoms with Gasteiger partial charge in [-0.2, -0.15) is 0 Å². The summed E-state index contributed by atoms with van der Waals surface area (Å²) in [5.74, 6) is 2.32. The number of nitrogens with zero attached hydrogens (tertiary/aromatic N) is 2. The fraction of sp³-hybridized carbons (Fsp3) is 0.692. The van der Waals surface area contributed by atoms with E-state index in [4.69, 9.17) is 11.6 Å². The monoisotopic (exact) mass is 269 g/mol. The first kappa shape index (κ1) is 13.6. The van der Waals surface area contributed by atoms with Gasteiger partial charge >= 0.3 is 0 Å². The van der Waals surface area contributed by atoms with Crippen LogP contribution in [-0.4, -0.2) is 27.7 Å². The first-order valence-electron chi connectivity index (χ1n) is 6.51. The zero-order chi connectivity index (χ0) is 13.1. The van der Waals surface area contributed by atoms with Crippen LogP contribution in [0.25, 0.3) is 0 Å². The van der Waals surface area contributed by atoms with Crippen molar-refractivity contribution in [3.8, 4) is 0 Å². The first-order valence-corrected chi connectivity index (χ1v) is 6.89. The van der Waals surface area contributed by atoms with E-state index in [0.29, 0.717) is 11.1 Å². The van der Waals surface area contributed by atoms with Crippen LogP contribution in [0.4, 0.5) is 5.82 Å². The molecule has 1 aliphatic rings. The summed E-state index contributed by atoms with van der Waals surface area (Å²) in [7, 11) is 0. The zero-order valence-corrected chi connectivity index (χ0v) is 11.6. The van der Waals surface area contributed by atoms with Gasteiger partial charge in [-0.25, -0.2) is 9.97 Å². The quantitative estimate of drug-likeness (QED) is 0.826. The molecule has 1 aromatic heterocycles. The van der Waals surface area contributed by atoms with E-state index in [9.17, 15) is 5.11 Å². The maximum atomic E-state index is 9.48. The van der Waals surface area contributed by atoms with Gasteiger partial charge in [0.2, 0.25) is 0 Å². The maximum absolute atomic E-state index is 9.48. The minimum Gasteiger partial charge on any atom is -0.393 e. The van der Waals surface area contributed by atoms with Crippen molar-refractivity contribution >= 4 is 17.4 Å². The second kappa shape index (κ2) is 5.85. The topological polar surface area (TPSA) is 58.0 Å². The van der Waals surface area contributed by atoms with Crippen LogP contribution in [0, 0.1) is 5.92 Å². The smallest absolute Gasteiger partial charge is 0.135 e. The molecule has 0 aromatic carbocycles. The van der Waals surface area contributed by atoms with E-state index in [1.165, 1.54) is 0 Å². The van der Waals surface area contributed by atoms with E-state index in [1.807, 2.05) is 13.8 Å². The Morgan fingerprint density at radius 3 is 2.83 bits per heavy atom. The largest absolute Gasteiger partial charge is 0.393 e. The van der Waals surface area contributed by atoms with Crippen LogP contribution >= 0.6 is 11.6 Å². The summed E-state index contributed by atoms with van der Waals surface area (Å²) in [6, 6.07) is 1.75. The Balaban J connectivity index is 1.96. The van der Waals surface area contributed by atoms with Crippen molar-refractivity contribution in [3.63, 3.8) is 0 Å². The number of halogens is 1. The lowest BCUT2D eigenvalue weighted by Crippen LogP contribution is -2.14. The summed E-state index contributed by atoms with van der Waals surface area (Å²) in [4.78, 5) is 8.64. The average molecular weight is 270 g/mol. The van der Waals surface area contributed by atoms with Gasteiger partial charge in [0.25, 0.3) is 0 Å². The molecule has 1 fully saturated rings. The van der Waals surface area contributed by atoms with E-state index in [0.717, 1.165) is 37.4 Å². The fourth-order valence-corrected chi connectivity index (χ4v) is 2.46. The first-order chi connectivity index (χ1) is 8.54. The summed E-state index contributed by atoms with van der Waals surface area (Å²) in [5.41, 5.74) is 0. The van der Waals surface area contributed by atoms with Crippen molar-refractivity contribution in [2.75, 3.05) is 11.9 Å². The Hall–Kier alpha value is -0.870. The molecule has 1 heterocycles. The van der Waals surface area contributed by atoms with Gasteiger partial charge in [0, 0.05) is 18.5 Å². The molecule has 0 bridgehead atoms. The highest BCUT2D eigenvalue weighted by molar-refractivity contribution is 6.29. The molecule has 2 rings (SSSR count). The van der Waals surface area contributed by atoms with E-state index < -0.39 is 0 Å². The van der Waals surface area contributed by atoms with Gasteiger partial charge in [-0.05, 0) is 25.2 Å². The highest BCUT2D eigenvalue weighted by Gasteiger charge is 2.22. The Labute approximate surface area is 113 Å². The lowest BCUT2D eigenvalue weighted by Gasteiger charge is -2.13. The molecule has 100 valence electrons. The highest BCUT2D eigenvalue weighted by Crippen LogP contribution is 2.26. The van der Waals surface area contributed by atoms with Crippen molar-refractivity contribution in [2.24, 2.45) is 5.92 Å². The van der Waals surface area contributed by atoms with Crippen molar-refractivity contribution in [1.29, 1.82) is 0 Å². The standard InChI is InChI=1S/C13H20ClN3O/c1-8(2)13-16-11(14)6-12(17-13)15-7-9-3-4-10(18)5-9/h6,8-10,18H,3-5,7H2,1-2H3,(H,15,16,17). The van der Waals surface area contributed by atoms with Crippen LogP contribution in [0.1, 0.15) is 44.9 Å². The fourth-order valence-electron chi connectivity index (χ4n) is 2.27. The van der Waals surface area contributed by atoms with Crippen LogP contribution in [0.3, 0.4) is 0 Å². The maximum Gasteiger partial charge on any atom is 0.135 e. The number of nitrogens with one attached hydrogen (secondary N) is 1. The number of aliphatic hydroxyl groups excluding tert-OH is 1. The number of anilines is 1. The molecule has 1 aliphatic carbocycles. The molecule has 0 radical (unpaired) electrons. The van der Waals surface area contributed by atoms with E-state index in [1.54, 1.807) is 6.07 Å². The van der Waals surface area contributed by atoms with Crippen LogP contribution < -0.4 is 5.32 Å². The van der Waals surface area contributed by atoms with Crippen molar-refractivity contribution in [2.45, 2.75) is 45.1 Å². The Morgan fingerprint density at radius 1 is 1.44 bits per heavy atom. The molecule has 0 amide bonds. The molecular weight excluding hydrogens is 250 g/mol. The van der Waals surface area contributed by atoms with Gasteiger partial charge in [-0.1, -0.05) is 25.4 Å². The van der Waals surface area contributed by atoms with Gasteiger partial charge in [-0.3, -0.25) is 0 Å². The Bertz CT molecular complexity index is 411. The molecule has 0 aliphatic heterocycles. The second-order valence-electron chi connectivity index (χ2n) is 5.30. The lowest BCUT2D eigenvalue weighted by atomic mass is 10.1. The highest BCUT2D eigenvalue weighted by atomic mass is 35.5. The normalized spacial score (nSPS) is 23.6. The van der Waals surface area contributed by atoms with Crippen LogP contribution in [0.5, 0.6) is 0 Å². The van der Waals surface area contributed by atoms with Crippen molar-refractivity contribution in [3.05, 3.63) is 17.0 Å². The van der Waals surface area contributed by atoms with Gasteiger partial charge in [0.1, 0.15) is 16.8 Å². The summed E-state index contributed by atoms with van der Waals surface area (Å²) in [5, 5.41) is 13.3. The molecule has 5 heteroatoms. The van der Waals surface area contributed by atoms with Crippen molar-refractivity contribution in [1.82, 2.24) is 9.97 Å². The number of rotatable bonds is 4. The van der Waals surface area contributed by atoms with Gasteiger partial charge in [0.15, 0.2) is 0 Å². The molecule has 18 heavy (non-hydrogen) atoms. The molecular formula is C13H20ClN3O. The second-order valence-corrected chi connectivity index (χ2v) is 5.69. The number of hydrogen-bond acceptors (Lipinski definition) is 4. The SMILES string of the molecule is CC(C)c1nc(Cl)cc(NCC2CCC(O)C2)n1. The zero-order valence-electron chi connectivity index (χ0n) is 10.9. The van der Waals surface area contributed by atoms with E-state index in [-0.39, 0.29) is 12.0 Å². The number of aliphatic hydroxyl groups is 1. The van der Waals surface area contributed by atoms with Crippen LogP contribution in [0.15, 0.2) is 6.07 Å². The van der Waals surface area contributed by atoms with Crippen molar-refractivity contribution < 1.29 is 5.11 Å². The molecule has 0 saturated heterocycles. The summed E-state index contributed by atoms with van der Waals surface area (Å²) in [6.45, 7) is 4.92. The van der Waals surface area contributed by atoms with E-state index in [2.05, 4.69) is 15.3 Å². The van der Waals surface area contributed by atoms with E-state index >= 15 is 0 Å². The molecule has 0 spiro atoms. The molecule has 2 unspecified atom stereocenters. The molecule has 2 N–H and O–H groups in total. The predicted molar refractivity (Wildman–Crippen MR) is 73.0 cm³/mol. The van der Waals surface area contributed by atoms with Gasteiger partial charge < -0.3 is 10.4 Å². The molecule has 1 aromatic rings. The van der Waals surface area contributed by atoms with Gasteiger partial charge in [-0.15, -0.1) is 0 Å². The minimum absolute atomic E-state index is 0.128. The average Bonchev–Trinajstić information content (AvgIpc) is 2.72. The minimum atomic E-state index is -0.128. The molecule has 1 saturated carbocycles. The van der Waals surface area contributed by atoms with Crippen LogP contribution in [0.2, 0.25) is 5.15 Å². The Kier molecular flexibility index (Phi) is 4.40. The van der Waals surface area contributed by atoms with Crippen LogP contribution in [-0.2, 0) is 0 Å². The predicted octanol–water partition coefficient (Wildman–Crippen LogP) is 2.83. The summed E-state index contributed by atoms with van der Waals surface area (Å²) < 4.78 is 0. The third-order valence-electron chi connectivity index (χ3n) is 3.31. The third-order valence-corrected chi connectivity index (χ3v) is 3.51. The molecule has 4 nitrogen and oxygen atoms in total. The number of hydrogen-bond donors (Lipinski definition) is 2. The van der Waals surface area contributed by atoms with Gasteiger partial charge in [0.05, 0.1) is 6.10 Å². The summed E-state index contributed by atoms with van der Waals surface area (Å²) in [6.07, 6.45) is 2.73. The summed E-state index contributed by atoms with van der Waals surface area (Å²) >= 11 is 5.98. The third kappa shape index (κ3) is 3.56.